The van der Waals surface area contributed by atoms with E-state index in [4.69, 9.17) is 4.74 Å². The molecule has 0 fully saturated rings. The lowest BCUT2D eigenvalue weighted by atomic mass is 10.2. The van der Waals surface area contributed by atoms with Crippen LogP contribution in [0.3, 0.4) is 0 Å². The Bertz CT molecular complexity index is 573. The number of aryl methyl sites for hydroxylation is 1. The Morgan fingerprint density at radius 3 is 2.65 bits per heavy atom. The first-order valence-corrected chi connectivity index (χ1v) is 6.59. The lowest BCUT2D eigenvalue weighted by Crippen LogP contribution is -2.09. The van der Waals surface area contributed by atoms with Crippen LogP contribution >= 0.6 is 0 Å². The molecule has 1 heterocycles. The highest BCUT2D eigenvalue weighted by atomic mass is 16.5. The predicted octanol–water partition coefficient (Wildman–Crippen LogP) is 2.75. The summed E-state index contributed by atoms with van der Waals surface area (Å²) in [4.78, 5) is 12.7. The number of nitrogens with one attached hydrogen (secondary N) is 2. The van der Waals surface area contributed by atoms with E-state index in [0.29, 0.717) is 11.9 Å². The van der Waals surface area contributed by atoms with E-state index in [-0.39, 0.29) is 6.01 Å². The Hall–Kier alpha value is -2.37. The van der Waals surface area contributed by atoms with Crippen LogP contribution in [0.5, 0.6) is 6.01 Å². The van der Waals surface area contributed by atoms with Crippen LogP contribution in [0.1, 0.15) is 18.9 Å². The highest BCUT2D eigenvalue weighted by Crippen LogP contribution is 2.17. The molecule has 20 heavy (non-hydrogen) atoms. The topological polar surface area (TPSA) is 72.0 Å². The smallest absolute Gasteiger partial charge is 0.322 e. The molecule has 6 heteroatoms. The van der Waals surface area contributed by atoms with Gasteiger partial charge in [-0.3, -0.25) is 0 Å². The van der Waals surface area contributed by atoms with Crippen LogP contribution in [0.4, 0.5) is 17.6 Å². The highest BCUT2D eigenvalue weighted by Gasteiger charge is 2.06. The zero-order valence-electron chi connectivity index (χ0n) is 12.0. The summed E-state index contributed by atoms with van der Waals surface area (Å²) in [6.45, 7) is 4.92. The number of aromatic nitrogens is 3. The van der Waals surface area contributed by atoms with Gasteiger partial charge in [-0.1, -0.05) is 19.1 Å². The highest BCUT2D eigenvalue weighted by molar-refractivity contribution is 5.55. The van der Waals surface area contributed by atoms with Crippen molar-refractivity contribution in [2.75, 3.05) is 24.3 Å². The molecular weight excluding hydrogens is 254 g/mol. The van der Waals surface area contributed by atoms with Crippen molar-refractivity contribution in [3.05, 3.63) is 29.8 Å². The Morgan fingerprint density at radius 1 is 1.15 bits per heavy atom. The molecule has 1 aromatic heterocycles. The van der Waals surface area contributed by atoms with Crippen LogP contribution in [0.15, 0.2) is 24.3 Å². The van der Waals surface area contributed by atoms with Gasteiger partial charge in [0, 0.05) is 12.2 Å². The van der Waals surface area contributed by atoms with Crippen LogP contribution < -0.4 is 15.4 Å². The Balaban J connectivity index is 2.21. The van der Waals surface area contributed by atoms with E-state index in [1.165, 1.54) is 12.7 Å². The first-order valence-electron chi connectivity index (χ1n) is 6.59. The van der Waals surface area contributed by atoms with E-state index in [2.05, 4.69) is 32.5 Å². The molecule has 0 atom stereocenters. The van der Waals surface area contributed by atoms with E-state index < -0.39 is 0 Å². The van der Waals surface area contributed by atoms with Crippen molar-refractivity contribution in [1.29, 1.82) is 0 Å². The summed E-state index contributed by atoms with van der Waals surface area (Å²) in [5.74, 6) is 0.968. The standard InChI is InChI=1S/C14H19N5O/c1-4-8-15-12-17-13(19-14(18-12)20-3)16-11-7-5-6-10(2)9-11/h5-7,9H,4,8H2,1-3H3,(H2,15,16,17,18,19). The minimum atomic E-state index is 0.286. The molecule has 0 aliphatic heterocycles. The molecular formula is C14H19N5O. The molecule has 2 rings (SSSR count). The molecule has 0 aliphatic rings. The Morgan fingerprint density at radius 2 is 1.95 bits per heavy atom. The molecule has 106 valence electrons. The molecule has 0 unspecified atom stereocenters. The van der Waals surface area contributed by atoms with E-state index in [9.17, 15) is 0 Å². The van der Waals surface area contributed by atoms with E-state index in [0.717, 1.165) is 18.7 Å². The quantitative estimate of drug-likeness (QED) is 0.843. The van der Waals surface area contributed by atoms with E-state index in [1.807, 2.05) is 31.2 Å². The minimum absolute atomic E-state index is 0.286. The van der Waals surface area contributed by atoms with Gasteiger partial charge in [0.25, 0.3) is 0 Å². The average Bonchev–Trinajstić information content (AvgIpc) is 2.45. The Kier molecular flexibility index (Phi) is 4.70. The maximum Gasteiger partial charge on any atom is 0.322 e. The molecule has 0 saturated carbocycles. The number of benzene rings is 1. The molecule has 0 amide bonds. The maximum atomic E-state index is 5.09. The van der Waals surface area contributed by atoms with Crippen molar-refractivity contribution < 1.29 is 4.74 Å². The molecule has 0 aliphatic carbocycles. The lowest BCUT2D eigenvalue weighted by molar-refractivity contribution is 0.379. The second kappa shape index (κ2) is 6.70. The normalized spacial score (nSPS) is 10.2. The molecule has 6 nitrogen and oxygen atoms in total. The fraction of sp³-hybridized carbons (Fsp3) is 0.357. The van der Waals surface area contributed by atoms with Crippen LogP contribution in [-0.2, 0) is 0 Å². The minimum Gasteiger partial charge on any atom is -0.467 e. The van der Waals surface area contributed by atoms with Crippen LogP contribution in [0.25, 0.3) is 0 Å². The second-order valence-corrected chi connectivity index (χ2v) is 4.39. The number of anilines is 3. The summed E-state index contributed by atoms with van der Waals surface area (Å²) in [7, 11) is 1.54. The number of hydrogen-bond donors (Lipinski definition) is 2. The van der Waals surface area contributed by atoms with Crippen molar-refractivity contribution in [1.82, 2.24) is 15.0 Å². The fourth-order valence-electron chi connectivity index (χ4n) is 1.67. The Labute approximate surface area is 118 Å². The summed E-state index contributed by atoms with van der Waals surface area (Å²) in [6, 6.07) is 8.28. The molecule has 0 spiro atoms. The van der Waals surface area contributed by atoms with Crippen molar-refractivity contribution in [2.24, 2.45) is 0 Å². The van der Waals surface area contributed by atoms with Gasteiger partial charge in [0.2, 0.25) is 11.9 Å². The number of nitrogens with zero attached hydrogens (tertiary/aromatic N) is 3. The van der Waals surface area contributed by atoms with Gasteiger partial charge in [-0.25, -0.2) is 0 Å². The molecule has 2 aromatic rings. The first-order chi connectivity index (χ1) is 9.71. The number of hydrogen-bond acceptors (Lipinski definition) is 6. The number of rotatable bonds is 6. The first kappa shape index (κ1) is 14.0. The summed E-state index contributed by atoms with van der Waals surface area (Å²) in [5, 5.41) is 6.28. The van der Waals surface area contributed by atoms with Crippen molar-refractivity contribution in [2.45, 2.75) is 20.3 Å². The van der Waals surface area contributed by atoms with Gasteiger partial charge >= 0.3 is 6.01 Å². The van der Waals surface area contributed by atoms with Gasteiger partial charge < -0.3 is 15.4 Å². The van der Waals surface area contributed by atoms with Gasteiger partial charge in [0.15, 0.2) is 0 Å². The third-order valence-corrected chi connectivity index (χ3v) is 2.60. The van der Waals surface area contributed by atoms with E-state index in [1.54, 1.807) is 0 Å². The fourth-order valence-corrected chi connectivity index (χ4v) is 1.67. The average molecular weight is 273 g/mol. The van der Waals surface area contributed by atoms with E-state index >= 15 is 0 Å². The summed E-state index contributed by atoms with van der Waals surface area (Å²) in [5.41, 5.74) is 2.10. The SMILES string of the molecule is CCCNc1nc(Nc2cccc(C)c2)nc(OC)n1. The number of methoxy groups -OCH3 is 1. The zero-order valence-corrected chi connectivity index (χ0v) is 12.0. The lowest BCUT2D eigenvalue weighted by Gasteiger charge is -2.09. The van der Waals surface area contributed by atoms with Crippen molar-refractivity contribution >= 4 is 17.6 Å². The van der Waals surface area contributed by atoms with Gasteiger partial charge in [-0.05, 0) is 31.0 Å². The molecule has 0 bridgehead atoms. The monoisotopic (exact) mass is 273 g/mol. The van der Waals surface area contributed by atoms with Gasteiger partial charge in [-0.2, -0.15) is 15.0 Å². The van der Waals surface area contributed by atoms with Crippen LogP contribution in [0, 0.1) is 6.92 Å². The number of ether oxygens (including phenoxy) is 1. The van der Waals surface area contributed by atoms with Crippen molar-refractivity contribution in [3.63, 3.8) is 0 Å². The van der Waals surface area contributed by atoms with Crippen LogP contribution in [0.2, 0.25) is 0 Å². The van der Waals surface area contributed by atoms with Gasteiger partial charge in [-0.15, -0.1) is 0 Å². The van der Waals surface area contributed by atoms with Crippen molar-refractivity contribution in [3.8, 4) is 6.01 Å². The molecule has 1 aromatic carbocycles. The largest absolute Gasteiger partial charge is 0.467 e. The molecule has 0 radical (unpaired) electrons. The second-order valence-electron chi connectivity index (χ2n) is 4.39. The third kappa shape index (κ3) is 3.81. The maximum absolute atomic E-state index is 5.09. The molecule has 0 saturated heterocycles. The summed E-state index contributed by atoms with van der Waals surface area (Å²) in [6.07, 6.45) is 0.995. The van der Waals surface area contributed by atoms with Gasteiger partial charge in [0.1, 0.15) is 0 Å². The van der Waals surface area contributed by atoms with Crippen LogP contribution in [-0.4, -0.2) is 28.6 Å². The van der Waals surface area contributed by atoms with Gasteiger partial charge in [0.05, 0.1) is 7.11 Å². The summed E-state index contributed by atoms with van der Waals surface area (Å²) < 4.78 is 5.09. The molecule has 2 N–H and O–H groups in total. The summed E-state index contributed by atoms with van der Waals surface area (Å²) >= 11 is 0. The third-order valence-electron chi connectivity index (χ3n) is 2.60. The predicted molar refractivity (Wildman–Crippen MR) is 79.6 cm³/mol. The zero-order chi connectivity index (χ0) is 14.4.